The van der Waals surface area contributed by atoms with Crippen molar-refractivity contribution in [1.29, 1.82) is 0 Å². The Labute approximate surface area is 116 Å². The number of aliphatic hydroxyl groups excluding tert-OH is 2. The largest absolute Gasteiger partial charge is 0.480 e. The van der Waals surface area contributed by atoms with Crippen LogP contribution >= 0.6 is 0 Å². The quantitative estimate of drug-likeness (QED) is 0.157. The Hall–Kier alpha value is -1.91. The first-order chi connectivity index (χ1) is 9.67. The molecule has 14 nitrogen and oxygen atoms in total. The van der Waals surface area contributed by atoms with Gasteiger partial charge in [0.05, 0.1) is 6.61 Å². The maximum atomic E-state index is 9.78. The number of hydrogen-bond donors (Lipinski definition) is 10. The Balaban J connectivity index is -0.000000234. The van der Waals surface area contributed by atoms with Gasteiger partial charge in [-0.05, 0) is 0 Å². The van der Waals surface area contributed by atoms with E-state index in [1.54, 1.807) is 0 Å². The highest BCUT2D eigenvalue weighted by Crippen LogP contribution is 1.76. The molecule has 0 aromatic rings. The molecule has 1 unspecified atom stereocenters. The minimum absolute atomic E-state index is 0.403. The Morgan fingerprint density at radius 2 is 1.57 bits per heavy atom. The van der Waals surface area contributed by atoms with Crippen LogP contribution in [0.4, 0.5) is 0 Å². The molecule has 0 saturated heterocycles. The lowest BCUT2D eigenvalue weighted by atomic mass is 10.3. The number of rotatable bonds is 7. The third-order valence-corrected chi connectivity index (χ3v) is 1.21. The summed E-state index contributed by atoms with van der Waals surface area (Å²) in [5.74, 6) is 0.390. The van der Waals surface area contributed by atoms with Crippen LogP contribution in [0, 0.1) is 0 Å². The predicted octanol–water partition coefficient (Wildman–Crippen LogP) is -4.26. The molecule has 0 radical (unpaired) electrons. The number of carbonyl (C=O) groups is 3. The molecule has 0 spiro atoms. The second kappa shape index (κ2) is 16.1. The number of carboxylic acid groups (broad SMARTS) is 3. The molecule has 11 N–H and O–H groups in total. The lowest BCUT2D eigenvalue weighted by Gasteiger charge is -2.02. The summed E-state index contributed by atoms with van der Waals surface area (Å²) in [4.78, 5) is 32.1. The molecule has 0 heterocycles. The van der Waals surface area contributed by atoms with E-state index in [1.807, 2.05) is 0 Å². The second-order valence-corrected chi connectivity index (χ2v) is 2.76. The van der Waals surface area contributed by atoms with Gasteiger partial charge >= 0.3 is 17.9 Å². The first-order valence-electron chi connectivity index (χ1n) is 4.76. The Morgan fingerprint density at radius 1 is 1.10 bits per heavy atom. The van der Waals surface area contributed by atoms with Crippen LogP contribution in [0.5, 0.6) is 0 Å². The first-order valence-corrected chi connectivity index (χ1v) is 4.76. The zero-order chi connectivity index (χ0) is 17.4. The fraction of sp³-hybridized carbons (Fsp3) is 0.571. The lowest BCUT2D eigenvalue weighted by molar-refractivity contribution is -0.177. The standard InChI is InChI=1S/C3H7NO4.C2H5NO4.C2H5NO3/c5-1-2(4-8)3(6)7;3-7-2(6)1(4)5;4-2(5)1-3-6/h2,4-5,8H,1H2,(H,6,7);2,6H,3H2,(H,4,5);3,6H,1H2,(H,4,5)/t2-;;/m0../s1. The van der Waals surface area contributed by atoms with Crippen LogP contribution in [0.3, 0.4) is 0 Å². The number of nitrogens with two attached hydrogens (primary N) is 1. The van der Waals surface area contributed by atoms with E-state index >= 15 is 0 Å². The van der Waals surface area contributed by atoms with Crippen molar-refractivity contribution >= 4 is 17.9 Å². The van der Waals surface area contributed by atoms with Crippen LogP contribution in [0.2, 0.25) is 0 Å². The zero-order valence-electron chi connectivity index (χ0n) is 10.4. The highest BCUT2D eigenvalue weighted by molar-refractivity contribution is 5.73. The van der Waals surface area contributed by atoms with Crippen LogP contribution in [0.1, 0.15) is 0 Å². The van der Waals surface area contributed by atoms with Crippen molar-refractivity contribution in [2.75, 3.05) is 13.2 Å². The summed E-state index contributed by atoms with van der Waals surface area (Å²) < 4.78 is 0. The van der Waals surface area contributed by atoms with E-state index in [1.165, 1.54) is 11.0 Å². The van der Waals surface area contributed by atoms with Crippen LogP contribution in [-0.2, 0) is 19.2 Å². The van der Waals surface area contributed by atoms with Crippen molar-refractivity contribution in [3.05, 3.63) is 0 Å². The molecule has 0 amide bonds. The van der Waals surface area contributed by atoms with Gasteiger partial charge in [-0.3, -0.25) is 14.4 Å². The SMILES string of the molecule is NOC(O)C(=O)O.O=C(O)CNO.O=C(O)[C@H](CO)NO. The molecule has 0 aliphatic heterocycles. The lowest BCUT2D eigenvalue weighted by Crippen LogP contribution is -2.37. The van der Waals surface area contributed by atoms with Gasteiger partial charge in [-0.25, -0.2) is 10.7 Å². The fourth-order valence-electron chi connectivity index (χ4n) is 0.300. The minimum atomic E-state index is -1.90. The first kappa shape index (κ1) is 24.1. The Morgan fingerprint density at radius 3 is 1.57 bits per heavy atom. The molecule has 0 aliphatic rings. The van der Waals surface area contributed by atoms with Crippen LogP contribution in [-0.4, -0.2) is 79.3 Å². The molecule has 0 saturated carbocycles. The van der Waals surface area contributed by atoms with Gasteiger partial charge in [-0.2, -0.15) is 11.0 Å². The van der Waals surface area contributed by atoms with Gasteiger partial charge in [-0.15, -0.1) is 0 Å². The molecule has 126 valence electrons. The normalized spacial score (nSPS) is 11.9. The number of hydrogen-bond acceptors (Lipinski definition) is 11. The van der Waals surface area contributed by atoms with Crippen LogP contribution in [0.15, 0.2) is 0 Å². The van der Waals surface area contributed by atoms with Crippen molar-refractivity contribution in [2.45, 2.75) is 12.3 Å². The van der Waals surface area contributed by atoms with Crippen molar-refractivity contribution in [3.63, 3.8) is 0 Å². The average Bonchev–Trinajstić information content (AvgIpc) is 2.39. The number of aliphatic hydroxyl groups is 2. The summed E-state index contributed by atoms with van der Waals surface area (Å²) in [5.41, 5.74) is 2.87. The molecular formula is C7H17N3O11. The fourth-order valence-corrected chi connectivity index (χ4v) is 0.300. The summed E-state index contributed by atoms with van der Waals surface area (Å²) >= 11 is 0. The van der Waals surface area contributed by atoms with Gasteiger partial charge in [0.15, 0.2) is 6.04 Å². The molecule has 21 heavy (non-hydrogen) atoms. The summed E-state index contributed by atoms with van der Waals surface area (Å²) in [6.45, 7) is -1.02. The van der Waals surface area contributed by atoms with Gasteiger partial charge in [0.2, 0.25) is 0 Å². The number of nitrogens with one attached hydrogen (secondary N) is 2. The summed E-state index contributed by atoms with van der Waals surface area (Å²) in [7, 11) is 0. The van der Waals surface area contributed by atoms with Gasteiger partial charge in [-0.1, -0.05) is 0 Å². The van der Waals surface area contributed by atoms with Gasteiger partial charge in [0, 0.05) is 0 Å². The van der Waals surface area contributed by atoms with E-state index in [2.05, 4.69) is 10.7 Å². The maximum absolute atomic E-state index is 9.78. The molecular weight excluding hydrogens is 302 g/mol. The van der Waals surface area contributed by atoms with Gasteiger partial charge < -0.3 is 35.9 Å². The number of aliphatic carboxylic acids is 3. The molecule has 0 aliphatic carbocycles. The maximum Gasteiger partial charge on any atom is 0.362 e. The topological polar surface area (TPSA) is 252 Å². The highest BCUT2D eigenvalue weighted by Gasteiger charge is 2.12. The molecule has 0 bridgehead atoms. The minimum Gasteiger partial charge on any atom is -0.480 e. The summed E-state index contributed by atoms with van der Waals surface area (Å²) in [5, 5.41) is 55.0. The second-order valence-electron chi connectivity index (χ2n) is 2.76. The number of hydroxylamine groups is 2. The van der Waals surface area contributed by atoms with Crippen molar-refractivity contribution < 1.29 is 55.2 Å². The van der Waals surface area contributed by atoms with Gasteiger partial charge in [0.25, 0.3) is 6.29 Å². The van der Waals surface area contributed by atoms with E-state index < -0.39 is 43.4 Å². The zero-order valence-corrected chi connectivity index (χ0v) is 10.4. The van der Waals surface area contributed by atoms with E-state index in [4.69, 9.17) is 35.9 Å². The van der Waals surface area contributed by atoms with E-state index in [0.29, 0.717) is 0 Å². The molecule has 14 heteroatoms. The highest BCUT2D eigenvalue weighted by atomic mass is 16.7. The van der Waals surface area contributed by atoms with Crippen molar-refractivity contribution in [1.82, 2.24) is 11.0 Å². The summed E-state index contributed by atoms with van der Waals surface area (Å²) in [6.07, 6.45) is -1.90. The molecule has 0 aromatic carbocycles. The van der Waals surface area contributed by atoms with E-state index in [0.717, 1.165) is 0 Å². The predicted molar refractivity (Wildman–Crippen MR) is 59.8 cm³/mol. The van der Waals surface area contributed by atoms with E-state index in [9.17, 15) is 14.4 Å². The summed E-state index contributed by atoms with van der Waals surface area (Å²) in [6, 6.07) is -1.27. The monoisotopic (exact) mass is 319 g/mol. The third-order valence-electron chi connectivity index (χ3n) is 1.21. The average molecular weight is 319 g/mol. The van der Waals surface area contributed by atoms with Gasteiger partial charge in [0.1, 0.15) is 6.54 Å². The molecule has 2 atom stereocenters. The van der Waals surface area contributed by atoms with E-state index in [-0.39, 0.29) is 0 Å². The third kappa shape index (κ3) is 20.6. The van der Waals surface area contributed by atoms with Crippen LogP contribution in [0.25, 0.3) is 0 Å². The van der Waals surface area contributed by atoms with Crippen molar-refractivity contribution in [3.8, 4) is 0 Å². The molecule has 0 fully saturated rings. The number of carboxylic acids is 3. The van der Waals surface area contributed by atoms with Crippen molar-refractivity contribution in [2.24, 2.45) is 5.90 Å². The molecule has 0 aromatic heterocycles. The van der Waals surface area contributed by atoms with Crippen LogP contribution < -0.4 is 16.9 Å². The Kier molecular flexibility index (Phi) is 18.6. The smallest absolute Gasteiger partial charge is 0.362 e. The Bertz CT molecular complexity index is 296. The molecule has 0 rings (SSSR count).